The number of ether oxygens (including phenoxy) is 1. The number of alkyl halides is 3. The second-order valence-electron chi connectivity index (χ2n) is 5.41. The van der Waals surface area contributed by atoms with E-state index in [1.807, 2.05) is 0 Å². The van der Waals surface area contributed by atoms with Gasteiger partial charge in [0.05, 0.1) is 12.1 Å². The third kappa shape index (κ3) is 3.05. The van der Waals surface area contributed by atoms with Crippen LogP contribution in [0, 0.1) is 5.92 Å². The van der Waals surface area contributed by atoms with Gasteiger partial charge in [0.25, 0.3) is 0 Å². The summed E-state index contributed by atoms with van der Waals surface area (Å²) >= 11 is 0. The largest absolute Gasteiger partial charge is 0.471 e. The van der Waals surface area contributed by atoms with Gasteiger partial charge in [0.1, 0.15) is 6.10 Å². The number of hydrogen-bond donors (Lipinski definition) is 1. The van der Waals surface area contributed by atoms with Gasteiger partial charge in [0, 0.05) is 18.0 Å². The minimum Gasteiger partial charge on any atom is -0.471 e. The first-order chi connectivity index (χ1) is 10.1. The fraction of sp³-hybridized carbons (Fsp3) is 0.533. The molecule has 0 aromatic heterocycles. The summed E-state index contributed by atoms with van der Waals surface area (Å²) in [5.41, 5.74) is -0.458. The van der Waals surface area contributed by atoms with Gasteiger partial charge < -0.3 is 10.1 Å². The fourth-order valence-corrected chi connectivity index (χ4v) is 2.88. The zero-order valence-electron chi connectivity index (χ0n) is 11.5. The van der Waals surface area contributed by atoms with Crippen LogP contribution in [0.2, 0.25) is 0 Å². The van der Waals surface area contributed by atoms with E-state index in [2.05, 4.69) is 10.3 Å². The smallest absolute Gasteiger partial charge is 0.416 e. The molecule has 6 heteroatoms. The number of nitrogens with one attached hydrogen (secondary N) is 1. The summed E-state index contributed by atoms with van der Waals surface area (Å²) < 4.78 is 44.9. The molecule has 0 radical (unpaired) electrons. The lowest BCUT2D eigenvalue weighted by molar-refractivity contribution is -0.139. The summed E-state index contributed by atoms with van der Waals surface area (Å²) in [4.78, 5) is 4.33. The van der Waals surface area contributed by atoms with Crippen molar-refractivity contribution < 1.29 is 17.9 Å². The minimum atomic E-state index is -4.37. The number of nitrogens with zero attached hydrogens (tertiary/aromatic N) is 1. The van der Waals surface area contributed by atoms with E-state index in [1.165, 1.54) is 12.1 Å². The van der Waals surface area contributed by atoms with Crippen LogP contribution in [0.15, 0.2) is 29.3 Å². The van der Waals surface area contributed by atoms with Gasteiger partial charge in [-0.25, -0.2) is 0 Å². The van der Waals surface area contributed by atoms with E-state index < -0.39 is 17.8 Å². The van der Waals surface area contributed by atoms with Crippen molar-refractivity contribution in [1.29, 1.82) is 0 Å². The monoisotopic (exact) mass is 298 g/mol. The quantitative estimate of drug-likeness (QED) is 0.910. The first kappa shape index (κ1) is 14.4. The highest BCUT2D eigenvalue weighted by atomic mass is 19.4. The predicted molar refractivity (Wildman–Crippen MR) is 73.2 cm³/mol. The molecule has 2 aliphatic rings. The number of benzene rings is 1. The molecule has 0 aliphatic carbocycles. The van der Waals surface area contributed by atoms with Crippen LogP contribution in [-0.2, 0) is 10.9 Å². The number of hydrogen-bond acceptors (Lipinski definition) is 3. The lowest BCUT2D eigenvalue weighted by Gasteiger charge is -2.24. The van der Waals surface area contributed by atoms with E-state index in [9.17, 15) is 13.2 Å². The zero-order valence-corrected chi connectivity index (χ0v) is 11.5. The normalized spacial score (nSPS) is 26.3. The van der Waals surface area contributed by atoms with Gasteiger partial charge in [-0.1, -0.05) is 18.2 Å². The molecule has 2 aliphatic heterocycles. The van der Waals surface area contributed by atoms with Crippen LogP contribution in [-0.4, -0.2) is 25.5 Å². The molecule has 0 saturated carbocycles. The second kappa shape index (κ2) is 5.67. The molecule has 2 unspecified atom stereocenters. The standard InChI is InChI=1S/C15H17F3N2O/c16-15(17,18)12-6-2-1-5-11(12)13-9-20-14(21-13)10-4-3-7-19-8-10/h1-2,5-6,10,13,19H,3-4,7-9H2. The average Bonchev–Trinajstić information content (AvgIpc) is 2.97. The van der Waals surface area contributed by atoms with Gasteiger partial charge in [-0.15, -0.1) is 0 Å². The molecule has 1 fully saturated rings. The van der Waals surface area contributed by atoms with Crippen molar-refractivity contribution in [3.8, 4) is 0 Å². The Hall–Kier alpha value is -1.56. The molecular weight excluding hydrogens is 281 g/mol. The van der Waals surface area contributed by atoms with E-state index in [0.717, 1.165) is 32.0 Å². The summed E-state index contributed by atoms with van der Waals surface area (Å²) in [7, 11) is 0. The molecule has 1 N–H and O–H groups in total. The highest BCUT2D eigenvalue weighted by Gasteiger charge is 2.37. The van der Waals surface area contributed by atoms with Gasteiger partial charge in [-0.3, -0.25) is 4.99 Å². The van der Waals surface area contributed by atoms with E-state index in [4.69, 9.17) is 4.74 Å². The Morgan fingerprint density at radius 1 is 1.24 bits per heavy atom. The van der Waals surface area contributed by atoms with E-state index in [0.29, 0.717) is 5.90 Å². The Labute approximate surface area is 121 Å². The molecule has 0 spiro atoms. The van der Waals surface area contributed by atoms with Crippen molar-refractivity contribution in [3.63, 3.8) is 0 Å². The van der Waals surface area contributed by atoms with Gasteiger partial charge in [0.2, 0.25) is 0 Å². The highest BCUT2D eigenvalue weighted by Crippen LogP contribution is 2.37. The summed E-state index contributed by atoms with van der Waals surface area (Å²) in [5.74, 6) is 0.783. The molecule has 1 aromatic carbocycles. The zero-order chi connectivity index (χ0) is 14.9. The molecule has 3 rings (SSSR count). The number of halogens is 3. The SMILES string of the molecule is FC(F)(F)c1ccccc1C1CN=C(C2CCCNC2)O1. The Bertz CT molecular complexity index is 536. The number of piperidine rings is 1. The van der Waals surface area contributed by atoms with Crippen LogP contribution in [0.5, 0.6) is 0 Å². The highest BCUT2D eigenvalue weighted by molar-refractivity contribution is 5.80. The molecule has 1 aromatic rings. The summed E-state index contributed by atoms with van der Waals surface area (Å²) in [6, 6.07) is 5.58. The Balaban J connectivity index is 1.76. The topological polar surface area (TPSA) is 33.6 Å². The van der Waals surface area contributed by atoms with Crippen LogP contribution >= 0.6 is 0 Å². The van der Waals surface area contributed by atoms with Gasteiger partial charge in [-0.2, -0.15) is 13.2 Å². The first-order valence-electron chi connectivity index (χ1n) is 7.13. The van der Waals surface area contributed by atoms with Crippen molar-refractivity contribution in [2.45, 2.75) is 25.1 Å². The van der Waals surface area contributed by atoms with Crippen molar-refractivity contribution in [3.05, 3.63) is 35.4 Å². The van der Waals surface area contributed by atoms with E-state index in [-0.39, 0.29) is 18.0 Å². The maximum Gasteiger partial charge on any atom is 0.416 e. The van der Waals surface area contributed by atoms with Crippen LogP contribution < -0.4 is 5.32 Å². The Kier molecular flexibility index (Phi) is 3.89. The molecule has 3 nitrogen and oxygen atoms in total. The molecular formula is C15H17F3N2O. The maximum absolute atomic E-state index is 13.1. The second-order valence-corrected chi connectivity index (χ2v) is 5.41. The molecule has 21 heavy (non-hydrogen) atoms. The third-order valence-electron chi connectivity index (χ3n) is 3.94. The van der Waals surface area contributed by atoms with Crippen molar-refractivity contribution in [2.75, 3.05) is 19.6 Å². The molecule has 0 bridgehead atoms. The fourth-order valence-electron chi connectivity index (χ4n) is 2.88. The number of aliphatic imine (C=N–C) groups is 1. The van der Waals surface area contributed by atoms with Crippen LogP contribution in [0.1, 0.15) is 30.1 Å². The molecule has 0 amide bonds. The Morgan fingerprint density at radius 2 is 2.05 bits per heavy atom. The minimum absolute atomic E-state index is 0.174. The van der Waals surface area contributed by atoms with Crippen LogP contribution in [0.4, 0.5) is 13.2 Å². The molecule has 114 valence electrons. The number of rotatable bonds is 2. The van der Waals surface area contributed by atoms with Crippen LogP contribution in [0.25, 0.3) is 0 Å². The molecule has 2 atom stereocenters. The van der Waals surface area contributed by atoms with Crippen molar-refractivity contribution >= 4 is 5.90 Å². The predicted octanol–water partition coefficient (Wildman–Crippen LogP) is 3.17. The first-order valence-corrected chi connectivity index (χ1v) is 7.13. The lowest BCUT2D eigenvalue weighted by atomic mass is 9.99. The van der Waals surface area contributed by atoms with Gasteiger partial charge in [-0.05, 0) is 25.5 Å². The summed E-state index contributed by atoms with van der Waals surface area (Å²) in [6.07, 6.45) is -2.98. The molecule has 2 heterocycles. The van der Waals surface area contributed by atoms with Gasteiger partial charge in [0.15, 0.2) is 5.90 Å². The third-order valence-corrected chi connectivity index (χ3v) is 3.94. The van der Waals surface area contributed by atoms with E-state index >= 15 is 0 Å². The Morgan fingerprint density at radius 3 is 2.76 bits per heavy atom. The van der Waals surface area contributed by atoms with Crippen LogP contribution in [0.3, 0.4) is 0 Å². The summed E-state index contributed by atoms with van der Waals surface area (Å²) in [6.45, 7) is 2.02. The van der Waals surface area contributed by atoms with E-state index in [1.54, 1.807) is 6.07 Å². The maximum atomic E-state index is 13.1. The molecule has 1 saturated heterocycles. The lowest BCUT2D eigenvalue weighted by Crippen LogP contribution is -2.34. The van der Waals surface area contributed by atoms with Crippen molar-refractivity contribution in [1.82, 2.24) is 5.32 Å². The van der Waals surface area contributed by atoms with Gasteiger partial charge >= 0.3 is 6.18 Å². The van der Waals surface area contributed by atoms with Crippen molar-refractivity contribution in [2.24, 2.45) is 10.9 Å². The summed E-state index contributed by atoms with van der Waals surface area (Å²) in [5, 5.41) is 3.26. The average molecular weight is 298 g/mol.